The monoisotopic (exact) mass is 253 g/mol. The molecule has 2 aromatic rings. The van der Waals surface area contributed by atoms with Gasteiger partial charge in [0.15, 0.2) is 0 Å². The molecule has 3 rings (SSSR count). The standard InChI is InChI=1S/C16H19N3/c1-2-12-6-4-10-17-15(12)11-18-16-9-8-13-5-3-7-14(13)19-16/h4,6,8-10H,2-3,5,7,11H2,1H3,(H,18,19). The van der Waals surface area contributed by atoms with E-state index in [9.17, 15) is 0 Å². The van der Waals surface area contributed by atoms with Gasteiger partial charge in [-0.3, -0.25) is 4.98 Å². The van der Waals surface area contributed by atoms with E-state index >= 15 is 0 Å². The molecule has 0 saturated heterocycles. The Labute approximate surface area is 114 Å². The second kappa shape index (κ2) is 5.39. The molecule has 0 aliphatic heterocycles. The molecule has 98 valence electrons. The Morgan fingerprint density at radius 2 is 2.16 bits per heavy atom. The summed E-state index contributed by atoms with van der Waals surface area (Å²) in [5.41, 5.74) is 5.10. The van der Waals surface area contributed by atoms with Crippen LogP contribution in [-0.4, -0.2) is 9.97 Å². The van der Waals surface area contributed by atoms with Crippen LogP contribution in [0.3, 0.4) is 0 Å². The van der Waals surface area contributed by atoms with Gasteiger partial charge in [-0.05, 0) is 48.9 Å². The Morgan fingerprint density at radius 1 is 1.21 bits per heavy atom. The highest BCUT2D eigenvalue weighted by Gasteiger charge is 2.12. The number of hydrogen-bond acceptors (Lipinski definition) is 3. The van der Waals surface area contributed by atoms with Crippen molar-refractivity contribution in [3.05, 3.63) is 53.0 Å². The molecule has 0 saturated carbocycles. The van der Waals surface area contributed by atoms with Gasteiger partial charge in [0, 0.05) is 11.9 Å². The van der Waals surface area contributed by atoms with Gasteiger partial charge in [0.1, 0.15) is 5.82 Å². The third-order valence-corrected chi connectivity index (χ3v) is 3.73. The minimum absolute atomic E-state index is 0.746. The van der Waals surface area contributed by atoms with Crippen LogP contribution in [0.1, 0.15) is 35.9 Å². The average molecular weight is 253 g/mol. The maximum atomic E-state index is 4.68. The minimum atomic E-state index is 0.746. The predicted molar refractivity (Wildman–Crippen MR) is 77.2 cm³/mol. The van der Waals surface area contributed by atoms with E-state index in [2.05, 4.69) is 40.4 Å². The molecule has 0 unspecified atom stereocenters. The van der Waals surface area contributed by atoms with Crippen molar-refractivity contribution in [3.8, 4) is 0 Å². The maximum Gasteiger partial charge on any atom is 0.126 e. The number of nitrogens with zero attached hydrogens (tertiary/aromatic N) is 2. The van der Waals surface area contributed by atoms with E-state index < -0.39 is 0 Å². The molecule has 0 aromatic carbocycles. The minimum Gasteiger partial charge on any atom is -0.364 e. The Kier molecular flexibility index (Phi) is 3.45. The summed E-state index contributed by atoms with van der Waals surface area (Å²) < 4.78 is 0. The molecule has 3 nitrogen and oxygen atoms in total. The van der Waals surface area contributed by atoms with E-state index in [1.54, 1.807) is 0 Å². The fourth-order valence-corrected chi connectivity index (χ4v) is 2.65. The fraction of sp³-hybridized carbons (Fsp3) is 0.375. The van der Waals surface area contributed by atoms with Gasteiger partial charge in [0.05, 0.1) is 12.2 Å². The van der Waals surface area contributed by atoms with Gasteiger partial charge >= 0.3 is 0 Å². The maximum absolute atomic E-state index is 4.68. The first-order valence-electron chi connectivity index (χ1n) is 7.02. The molecular formula is C16H19N3. The number of aromatic nitrogens is 2. The zero-order valence-electron chi connectivity index (χ0n) is 11.3. The third-order valence-electron chi connectivity index (χ3n) is 3.73. The van der Waals surface area contributed by atoms with Crippen LogP contribution in [0, 0.1) is 0 Å². The molecule has 0 amide bonds. The van der Waals surface area contributed by atoms with E-state index in [4.69, 9.17) is 0 Å². The first kappa shape index (κ1) is 12.2. The Morgan fingerprint density at radius 3 is 3.05 bits per heavy atom. The second-order valence-corrected chi connectivity index (χ2v) is 4.97. The van der Waals surface area contributed by atoms with Crippen LogP contribution in [-0.2, 0) is 25.8 Å². The number of hydrogen-bond donors (Lipinski definition) is 1. The highest BCUT2D eigenvalue weighted by Crippen LogP contribution is 2.21. The smallest absolute Gasteiger partial charge is 0.126 e. The normalized spacial score (nSPS) is 13.3. The third kappa shape index (κ3) is 2.60. The lowest BCUT2D eigenvalue weighted by Crippen LogP contribution is -2.06. The van der Waals surface area contributed by atoms with Crippen molar-refractivity contribution in [2.24, 2.45) is 0 Å². The van der Waals surface area contributed by atoms with E-state index in [-0.39, 0.29) is 0 Å². The summed E-state index contributed by atoms with van der Waals surface area (Å²) >= 11 is 0. The number of nitrogens with one attached hydrogen (secondary N) is 1. The van der Waals surface area contributed by atoms with Crippen molar-refractivity contribution in [2.75, 3.05) is 5.32 Å². The number of aryl methyl sites for hydroxylation is 3. The molecule has 0 bridgehead atoms. The van der Waals surface area contributed by atoms with Crippen molar-refractivity contribution in [3.63, 3.8) is 0 Å². The molecule has 0 radical (unpaired) electrons. The number of anilines is 1. The van der Waals surface area contributed by atoms with Gasteiger partial charge < -0.3 is 5.32 Å². The van der Waals surface area contributed by atoms with Gasteiger partial charge in [-0.2, -0.15) is 0 Å². The molecule has 1 N–H and O–H groups in total. The highest BCUT2D eigenvalue weighted by molar-refractivity contribution is 5.41. The highest BCUT2D eigenvalue weighted by atomic mass is 15.0. The van der Waals surface area contributed by atoms with Crippen LogP contribution < -0.4 is 5.32 Å². The van der Waals surface area contributed by atoms with Gasteiger partial charge in [0.2, 0.25) is 0 Å². The molecule has 2 heterocycles. The zero-order valence-corrected chi connectivity index (χ0v) is 11.3. The molecule has 19 heavy (non-hydrogen) atoms. The Balaban J connectivity index is 1.72. The van der Waals surface area contributed by atoms with Crippen LogP contribution in [0.15, 0.2) is 30.5 Å². The number of pyridine rings is 2. The quantitative estimate of drug-likeness (QED) is 0.909. The van der Waals surface area contributed by atoms with E-state index in [0.29, 0.717) is 0 Å². The molecule has 2 aromatic heterocycles. The van der Waals surface area contributed by atoms with Crippen molar-refractivity contribution >= 4 is 5.82 Å². The van der Waals surface area contributed by atoms with E-state index in [1.807, 2.05) is 12.3 Å². The second-order valence-electron chi connectivity index (χ2n) is 4.97. The molecule has 0 spiro atoms. The van der Waals surface area contributed by atoms with Crippen LogP contribution in [0.2, 0.25) is 0 Å². The Hall–Kier alpha value is -1.90. The Bertz CT molecular complexity index is 578. The molecule has 3 heteroatoms. The molecular weight excluding hydrogens is 234 g/mol. The molecule has 1 aliphatic rings. The van der Waals surface area contributed by atoms with Crippen molar-refractivity contribution in [1.29, 1.82) is 0 Å². The number of rotatable bonds is 4. The lowest BCUT2D eigenvalue weighted by molar-refractivity contribution is 0.898. The topological polar surface area (TPSA) is 37.8 Å². The van der Waals surface area contributed by atoms with Crippen LogP contribution in [0.4, 0.5) is 5.82 Å². The predicted octanol–water partition coefficient (Wildman–Crippen LogP) is 3.14. The van der Waals surface area contributed by atoms with Crippen LogP contribution >= 0.6 is 0 Å². The first-order chi connectivity index (χ1) is 9.36. The SMILES string of the molecule is CCc1cccnc1CNc1ccc2c(n1)CCC2. The summed E-state index contributed by atoms with van der Waals surface area (Å²) in [5, 5.41) is 3.39. The van der Waals surface area contributed by atoms with Crippen molar-refractivity contribution in [2.45, 2.75) is 39.2 Å². The summed E-state index contributed by atoms with van der Waals surface area (Å²) in [5.74, 6) is 0.966. The van der Waals surface area contributed by atoms with Crippen molar-refractivity contribution in [1.82, 2.24) is 9.97 Å². The summed E-state index contributed by atoms with van der Waals surface area (Å²) in [6.07, 6.45) is 6.41. The largest absolute Gasteiger partial charge is 0.364 e. The summed E-state index contributed by atoms with van der Waals surface area (Å²) in [4.78, 5) is 9.13. The molecule has 0 fully saturated rings. The van der Waals surface area contributed by atoms with Gasteiger partial charge in [-0.1, -0.05) is 19.1 Å². The lowest BCUT2D eigenvalue weighted by atomic mass is 10.1. The molecule has 0 atom stereocenters. The molecule has 1 aliphatic carbocycles. The van der Waals surface area contributed by atoms with Gasteiger partial charge in [0.25, 0.3) is 0 Å². The summed E-state index contributed by atoms with van der Waals surface area (Å²) in [6, 6.07) is 8.42. The van der Waals surface area contributed by atoms with Crippen molar-refractivity contribution < 1.29 is 0 Å². The number of fused-ring (bicyclic) bond motifs is 1. The zero-order chi connectivity index (χ0) is 13.1. The van der Waals surface area contributed by atoms with E-state index in [1.165, 1.54) is 29.7 Å². The van der Waals surface area contributed by atoms with Gasteiger partial charge in [-0.25, -0.2) is 4.98 Å². The fourth-order valence-electron chi connectivity index (χ4n) is 2.65. The first-order valence-corrected chi connectivity index (χ1v) is 7.02. The van der Waals surface area contributed by atoms with Crippen LogP contribution in [0.5, 0.6) is 0 Å². The summed E-state index contributed by atoms with van der Waals surface area (Å²) in [6.45, 7) is 2.91. The average Bonchev–Trinajstić information content (AvgIpc) is 2.93. The lowest BCUT2D eigenvalue weighted by Gasteiger charge is -2.09. The van der Waals surface area contributed by atoms with E-state index in [0.717, 1.165) is 30.9 Å². The van der Waals surface area contributed by atoms with Crippen LogP contribution in [0.25, 0.3) is 0 Å². The van der Waals surface area contributed by atoms with Gasteiger partial charge in [-0.15, -0.1) is 0 Å². The summed E-state index contributed by atoms with van der Waals surface area (Å²) in [7, 11) is 0.